The number of sulfonamides is 1. The third kappa shape index (κ3) is 6.04. The SMILES string of the molecule is CC(C)NS(=O)(=O)c1ccc(NC(=O)[C@H](C)N[C@@H](C)c2ccccc2Cl)cc1. The highest BCUT2D eigenvalue weighted by Crippen LogP contribution is 2.22. The van der Waals surface area contributed by atoms with E-state index in [1.165, 1.54) is 12.1 Å². The zero-order valence-corrected chi connectivity index (χ0v) is 17.9. The number of hydrogen-bond acceptors (Lipinski definition) is 4. The van der Waals surface area contributed by atoms with Gasteiger partial charge in [-0.3, -0.25) is 10.1 Å². The van der Waals surface area contributed by atoms with Crippen molar-refractivity contribution >= 4 is 33.2 Å². The number of carbonyl (C=O) groups is 1. The van der Waals surface area contributed by atoms with Crippen molar-refractivity contribution in [3.8, 4) is 0 Å². The van der Waals surface area contributed by atoms with Crippen molar-refractivity contribution in [2.45, 2.75) is 50.7 Å². The number of rotatable bonds is 8. The quantitative estimate of drug-likeness (QED) is 0.604. The lowest BCUT2D eigenvalue weighted by Gasteiger charge is -2.21. The average Bonchev–Trinajstić information content (AvgIpc) is 2.61. The lowest BCUT2D eigenvalue weighted by molar-refractivity contribution is -0.117. The maximum absolute atomic E-state index is 12.5. The van der Waals surface area contributed by atoms with E-state index in [2.05, 4.69) is 15.4 Å². The summed E-state index contributed by atoms with van der Waals surface area (Å²) in [5.41, 5.74) is 1.43. The number of hydrogen-bond donors (Lipinski definition) is 3. The van der Waals surface area contributed by atoms with Crippen LogP contribution in [-0.4, -0.2) is 26.4 Å². The Morgan fingerprint density at radius 2 is 1.57 bits per heavy atom. The molecule has 0 spiro atoms. The Bertz CT molecular complexity index is 915. The molecule has 3 N–H and O–H groups in total. The number of amides is 1. The number of nitrogens with one attached hydrogen (secondary N) is 3. The van der Waals surface area contributed by atoms with Gasteiger partial charge >= 0.3 is 0 Å². The van der Waals surface area contributed by atoms with Gasteiger partial charge in [-0.2, -0.15) is 0 Å². The van der Waals surface area contributed by atoms with Crippen molar-refractivity contribution in [1.82, 2.24) is 10.0 Å². The largest absolute Gasteiger partial charge is 0.325 e. The summed E-state index contributed by atoms with van der Waals surface area (Å²) >= 11 is 6.20. The molecule has 8 heteroatoms. The lowest BCUT2D eigenvalue weighted by atomic mass is 10.1. The third-order valence-electron chi connectivity index (χ3n) is 4.09. The molecule has 0 aliphatic carbocycles. The van der Waals surface area contributed by atoms with E-state index in [0.29, 0.717) is 10.7 Å². The first kappa shape index (κ1) is 22.4. The van der Waals surface area contributed by atoms with Crippen molar-refractivity contribution in [2.75, 3.05) is 5.32 Å². The smallest absolute Gasteiger partial charge is 0.241 e. The van der Waals surface area contributed by atoms with Crippen LogP contribution in [0.5, 0.6) is 0 Å². The zero-order valence-electron chi connectivity index (χ0n) is 16.4. The summed E-state index contributed by atoms with van der Waals surface area (Å²) in [6.45, 7) is 7.20. The van der Waals surface area contributed by atoms with Crippen LogP contribution in [0.2, 0.25) is 5.02 Å². The predicted molar refractivity (Wildman–Crippen MR) is 113 cm³/mol. The highest BCUT2D eigenvalue weighted by Gasteiger charge is 2.19. The molecule has 0 aliphatic heterocycles. The van der Waals surface area contributed by atoms with E-state index in [0.717, 1.165) is 5.56 Å². The van der Waals surface area contributed by atoms with E-state index < -0.39 is 16.1 Å². The minimum absolute atomic E-state index is 0.107. The van der Waals surface area contributed by atoms with Crippen LogP contribution in [0, 0.1) is 0 Å². The fourth-order valence-electron chi connectivity index (χ4n) is 2.71. The molecular weight excluding hydrogens is 398 g/mol. The molecule has 2 aromatic carbocycles. The Kier molecular flexibility index (Phi) is 7.60. The highest BCUT2D eigenvalue weighted by atomic mass is 35.5. The topological polar surface area (TPSA) is 87.3 Å². The number of benzene rings is 2. The molecule has 0 heterocycles. The van der Waals surface area contributed by atoms with E-state index in [9.17, 15) is 13.2 Å². The summed E-state index contributed by atoms with van der Waals surface area (Å²) < 4.78 is 26.8. The van der Waals surface area contributed by atoms with Gasteiger partial charge in [0.15, 0.2) is 0 Å². The van der Waals surface area contributed by atoms with Gasteiger partial charge in [0, 0.05) is 22.8 Å². The summed E-state index contributed by atoms with van der Waals surface area (Å²) in [7, 11) is -3.56. The van der Waals surface area contributed by atoms with Crippen LogP contribution in [0.25, 0.3) is 0 Å². The van der Waals surface area contributed by atoms with Crippen LogP contribution in [0.3, 0.4) is 0 Å². The fourth-order valence-corrected chi connectivity index (χ4v) is 4.26. The van der Waals surface area contributed by atoms with Gasteiger partial charge in [-0.05, 0) is 63.6 Å². The summed E-state index contributed by atoms with van der Waals surface area (Å²) in [6.07, 6.45) is 0. The summed E-state index contributed by atoms with van der Waals surface area (Å²) in [5, 5.41) is 6.64. The summed E-state index contributed by atoms with van der Waals surface area (Å²) in [6, 6.07) is 12.8. The Labute approximate surface area is 171 Å². The van der Waals surface area contributed by atoms with Gasteiger partial charge in [-0.25, -0.2) is 13.1 Å². The van der Waals surface area contributed by atoms with Crippen LogP contribution < -0.4 is 15.4 Å². The molecule has 152 valence electrons. The second-order valence-electron chi connectivity index (χ2n) is 6.92. The van der Waals surface area contributed by atoms with Gasteiger partial charge in [0.05, 0.1) is 10.9 Å². The predicted octanol–water partition coefficient (Wildman–Crippen LogP) is 3.70. The van der Waals surface area contributed by atoms with Crippen LogP contribution in [0.1, 0.15) is 39.3 Å². The van der Waals surface area contributed by atoms with Gasteiger partial charge in [-0.15, -0.1) is 0 Å². The molecule has 0 saturated heterocycles. The first-order valence-corrected chi connectivity index (χ1v) is 10.9. The Balaban J connectivity index is 1.99. The van der Waals surface area contributed by atoms with Gasteiger partial charge in [0.2, 0.25) is 15.9 Å². The Morgan fingerprint density at radius 3 is 2.14 bits per heavy atom. The maximum Gasteiger partial charge on any atom is 0.241 e. The van der Waals surface area contributed by atoms with Gasteiger partial charge in [0.25, 0.3) is 0 Å². The van der Waals surface area contributed by atoms with Gasteiger partial charge in [-0.1, -0.05) is 29.8 Å². The first-order chi connectivity index (χ1) is 13.1. The molecule has 2 rings (SSSR count). The van der Waals surface area contributed by atoms with Crippen LogP contribution >= 0.6 is 11.6 Å². The van der Waals surface area contributed by atoms with Crippen molar-refractivity contribution in [3.63, 3.8) is 0 Å². The molecule has 0 aromatic heterocycles. The molecule has 0 aliphatic rings. The molecule has 0 saturated carbocycles. The standard InChI is InChI=1S/C20H26ClN3O3S/c1-13(2)24-28(26,27)17-11-9-16(10-12-17)23-20(25)15(4)22-14(3)18-7-5-6-8-19(18)21/h5-15,22,24H,1-4H3,(H,23,25)/t14-,15-/m0/s1. The Hall–Kier alpha value is -1.93. The number of halogens is 1. The van der Waals surface area contributed by atoms with E-state index in [1.54, 1.807) is 32.9 Å². The molecule has 0 bridgehead atoms. The summed E-state index contributed by atoms with van der Waals surface area (Å²) in [4.78, 5) is 12.6. The van der Waals surface area contributed by atoms with Crippen molar-refractivity contribution in [3.05, 3.63) is 59.1 Å². The lowest BCUT2D eigenvalue weighted by Crippen LogP contribution is -2.39. The van der Waals surface area contributed by atoms with Crippen molar-refractivity contribution in [1.29, 1.82) is 0 Å². The molecule has 0 fully saturated rings. The second-order valence-corrected chi connectivity index (χ2v) is 9.04. The van der Waals surface area contributed by atoms with E-state index >= 15 is 0 Å². The molecule has 1 amide bonds. The van der Waals surface area contributed by atoms with E-state index in [4.69, 9.17) is 11.6 Å². The molecule has 0 radical (unpaired) electrons. The molecule has 28 heavy (non-hydrogen) atoms. The number of carbonyl (C=O) groups excluding carboxylic acids is 1. The van der Waals surface area contributed by atoms with Crippen LogP contribution in [0.15, 0.2) is 53.4 Å². The highest BCUT2D eigenvalue weighted by molar-refractivity contribution is 7.89. The monoisotopic (exact) mass is 423 g/mol. The average molecular weight is 424 g/mol. The van der Waals surface area contributed by atoms with E-state index in [-0.39, 0.29) is 22.9 Å². The molecular formula is C20H26ClN3O3S. The summed E-state index contributed by atoms with van der Waals surface area (Å²) in [5.74, 6) is -0.227. The first-order valence-electron chi connectivity index (χ1n) is 9.04. The number of anilines is 1. The van der Waals surface area contributed by atoms with Crippen LogP contribution in [0.4, 0.5) is 5.69 Å². The minimum atomic E-state index is -3.56. The second kappa shape index (κ2) is 9.52. The maximum atomic E-state index is 12.5. The molecule has 2 aromatic rings. The van der Waals surface area contributed by atoms with Gasteiger partial charge < -0.3 is 5.32 Å². The molecule has 6 nitrogen and oxygen atoms in total. The Morgan fingerprint density at radius 1 is 0.964 bits per heavy atom. The van der Waals surface area contributed by atoms with Crippen LogP contribution in [-0.2, 0) is 14.8 Å². The van der Waals surface area contributed by atoms with E-state index in [1.807, 2.05) is 31.2 Å². The molecule has 2 atom stereocenters. The fraction of sp³-hybridized carbons (Fsp3) is 0.350. The minimum Gasteiger partial charge on any atom is -0.325 e. The van der Waals surface area contributed by atoms with Crippen molar-refractivity contribution < 1.29 is 13.2 Å². The van der Waals surface area contributed by atoms with Crippen molar-refractivity contribution in [2.24, 2.45) is 0 Å². The third-order valence-corrected chi connectivity index (χ3v) is 6.11. The zero-order chi connectivity index (χ0) is 20.9. The normalized spacial score (nSPS) is 13.9. The van der Waals surface area contributed by atoms with Gasteiger partial charge in [0.1, 0.15) is 0 Å². The molecule has 0 unspecified atom stereocenters.